The number of fused-ring (bicyclic) bond motifs is 1. The van der Waals surface area contributed by atoms with Crippen LogP contribution in [0.1, 0.15) is 29.2 Å². The number of rotatable bonds is 2. The van der Waals surface area contributed by atoms with E-state index in [-0.39, 0.29) is 12.5 Å². The highest BCUT2D eigenvalue weighted by atomic mass is 16.4. The topological polar surface area (TPSA) is 53.7 Å². The van der Waals surface area contributed by atoms with Crippen molar-refractivity contribution in [3.8, 4) is 0 Å². The predicted molar refractivity (Wildman–Crippen MR) is 65.9 cm³/mol. The second-order valence-electron chi connectivity index (χ2n) is 5.10. The molecule has 1 fully saturated rings. The Kier molecular flexibility index (Phi) is 2.96. The zero-order chi connectivity index (χ0) is 12.5. The first kappa shape index (κ1) is 11.5. The van der Waals surface area contributed by atoms with Crippen molar-refractivity contribution in [1.82, 2.24) is 4.90 Å². The second kappa shape index (κ2) is 4.61. The first-order valence-electron chi connectivity index (χ1n) is 6.42. The number of hydrogen-bond donors (Lipinski definition) is 1. The Morgan fingerprint density at radius 3 is 2.50 bits per heavy atom. The summed E-state index contributed by atoms with van der Waals surface area (Å²) in [5.74, 6) is 1.93. The molecule has 1 aromatic rings. The smallest absolute Gasteiger partial charge is 0.289 e. The quantitative estimate of drug-likeness (QED) is 0.811. The van der Waals surface area contributed by atoms with Crippen LogP contribution < -0.4 is 0 Å². The van der Waals surface area contributed by atoms with Gasteiger partial charge in [-0.25, -0.2) is 0 Å². The van der Waals surface area contributed by atoms with Gasteiger partial charge < -0.3 is 14.4 Å². The molecule has 1 N–H and O–H groups in total. The van der Waals surface area contributed by atoms with E-state index in [1.807, 2.05) is 4.90 Å². The van der Waals surface area contributed by atoms with Crippen molar-refractivity contribution in [3.63, 3.8) is 0 Å². The molecule has 4 nitrogen and oxygen atoms in total. The van der Waals surface area contributed by atoms with Crippen LogP contribution in [0.25, 0.3) is 0 Å². The van der Waals surface area contributed by atoms with Crippen LogP contribution in [0.3, 0.4) is 0 Å². The van der Waals surface area contributed by atoms with E-state index in [9.17, 15) is 4.79 Å². The van der Waals surface area contributed by atoms with Crippen molar-refractivity contribution in [2.45, 2.75) is 19.4 Å². The van der Waals surface area contributed by atoms with Gasteiger partial charge in [0.2, 0.25) is 0 Å². The molecular weight excluding hydrogens is 230 g/mol. The highest BCUT2D eigenvalue weighted by molar-refractivity contribution is 5.91. The Balaban J connectivity index is 1.70. The van der Waals surface area contributed by atoms with E-state index in [4.69, 9.17) is 9.52 Å². The van der Waals surface area contributed by atoms with E-state index in [1.165, 1.54) is 0 Å². The van der Waals surface area contributed by atoms with Gasteiger partial charge in [-0.15, -0.1) is 0 Å². The summed E-state index contributed by atoms with van der Waals surface area (Å²) in [4.78, 5) is 14.1. The van der Waals surface area contributed by atoms with Crippen LogP contribution in [0.4, 0.5) is 0 Å². The molecule has 0 radical (unpaired) electrons. The summed E-state index contributed by atoms with van der Waals surface area (Å²) in [7, 11) is 0. The molecule has 0 saturated carbocycles. The number of carbonyl (C=O) groups is 1. The number of nitrogens with zero attached hydrogens (tertiary/aromatic N) is 1. The minimum absolute atomic E-state index is 0.0518. The van der Waals surface area contributed by atoms with Crippen LogP contribution in [0.15, 0.2) is 28.7 Å². The summed E-state index contributed by atoms with van der Waals surface area (Å²) in [6.07, 6.45) is 6.58. The van der Waals surface area contributed by atoms with Gasteiger partial charge in [0.15, 0.2) is 5.76 Å². The third-order valence-corrected chi connectivity index (χ3v) is 3.94. The van der Waals surface area contributed by atoms with Crippen LogP contribution in [0.2, 0.25) is 0 Å². The largest absolute Gasteiger partial charge is 0.453 e. The maximum absolute atomic E-state index is 12.2. The van der Waals surface area contributed by atoms with Gasteiger partial charge in [0.05, 0.1) is 0 Å². The molecule has 18 heavy (non-hydrogen) atoms. The Hall–Kier alpha value is -1.55. The maximum atomic E-state index is 12.2. The lowest BCUT2D eigenvalue weighted by atomic mass is 9.86. The number of furan rings is 1. The van der Waals surface area contributed by atoms with E-state index in [0.29, 0.717) is 23.4 Å². The standard InChI is InChI=1S/C14H17NO3/c16-9-12-5-6-13(18-12)14(17)15-7-10-3-1-2-4-11(10)8-15/h1-2,5-6,10-11,16H,3-4,7-9H2/t10-,11+. The van der Waals surface area contributed by atoms with Gasteiger partial charge in [-0.3, -0.25) is 4.79 Å². The first-order chi connectivity index (χ1) is 8.78. The van der Waals surface area contributed by atoms with Gasteiger partial charge >= 0.3 is 0 Å². The molecule has 4 heteroatoms. The fourth-order valence-electron chi connectivity index (χ4n) is 2.91. The number of hydrogen-bond acceptors (Lipinski definition) is 3. The Bertz CT molecular complexity index is 461. The molecule has 3 rings (SSSR count). The number of allylic oxidation sites excluding steroid dienone is 2. The molecule has 1 aromatic heterocycles. The molecule has 1 aliphatic carbocycles. The molecule has 1 amide bonds. The fraction of sp³-hybridized carbons (Fsp3) is 0.500. The van der Waals surface area contributed by atoms with Crippen molar-refractivity contribution in [2.75, 3.05) is 13.1 Å². The molecule has 0 unspecified atom stereocenters. The zero-order valence-corrected chi connectivity index (χ0v) is 10.2. The number of likely N-dealkylation sites (tertiary alicyclic amines) is 1. The van der Waals surface area contributed by atoms with Crippen LogP contribution in [-0.4, -0.2) is 29.0 Å². The first-order valence-corrected chi connectivity index (χ1v) is 6.42. The molecule has 2 atom stereocenters. The SMILES string of the molecule is O=C(c1ccc(CO)o1)N1C[C@H]2CC=CC[C@H]2C1. The van der Waals surface area contributed by atoms with Crippen LogP contribution in [0.5, 0.6) is 0 Å². The Morgan fingerprint density at radius 2 is 1.94 bits per heavy atom. The lowest BCUT2D eigenvalue weighted by Gasteiger charge is -2.17. The molecule has 1 saturated heterocycles. The van der Waals surface area contributed by atoms with Crippen molar-refractivity contribution in [1.29, 1.82) is 0 Å². The van der Waals surface area contributed by atoms with Crippen LogP contribution >= 0.6 is 0 Å². The van der Waals surface area contributed by atoms with E-state index < -0.39 is 0 Å². The predicted octanol–water partition coefficient (Wildman–Crippen LogP) is 1.81. The minimum Gasteiger partial charge on any atom is -0.453 e. The maximum Gasteiger partial charge on any atom is 0.289 e. The summed E-state index contributed by atoms with van der Waals surface area (Å²) in [5.41, 5.74) is 0. The normalized spacial score (nSPS) is 26.4. The molecule has 0 spiro atoms. The highest BCUT2D eigenvalue weighted by Crippen LogP contribution is 2.33. The van der Waals surface area contributed by atoms with Crippen molar-refractivity contribution >= 4 is 5.91 Å². The average Bonchev–Trinajstić information content (AvgIpc) is 3.04. The van der Waals surface area contributed by atoms with E-state index in [2.05, 4.69) is 12.2 Å². The number of amides is 1. The molecule has 96 valence electrons. The lowest BCUT2D eigenvalue weighted by Crippen LogP contribution is -2.28. The third kappa shape index (κ3) is 1.97. The summed E-state index contributed by atoms with van der Waals surface area (Å²) in [6, 6.07) is 3.30. The van der Waals surface area contributed by atoms with E-state index >= 15 is 0 Å². The molecule has 1 aliphatic heterocycles. The van der Waals surface area contributed by atoms with E-state index in [0.717, 1.165) is 25.9 Å². The minimum atomic E-state index is -0.164. The number of aliphatic hydroxyl groups is 1. The molecule has 0 aromatic carbocycles. The van der Waals surface area contributed by atoms with Gasteiger partial charge in [0.25, 0.3) is 5.91 Å². The molecule has 2 heterocycles. The van der Waals surface area contributed by atoms with Crippen molar-refractivity contribution in [3.05, 3.63) is 35.8 Å². The Morgan fingerprint density at radius 1 is 1.28 bits per heavy atom. The summed E-state index contributed by atoms with van der Waals surface area (Å²) in [6.45, 7) is 1.48. The van der Waals surface area contributed by atoms with Crippen molar-refractivity contribution in [2.24, 2.45) is 11.8 Å². The lowest BCUT2D eigenvalue weighted by molar-refractivity contribution is 0.0748. The van der Waals surface area contributed by atoms with Crippen LogP contribution in [0, 0.1) is 11.8 Å². The van der Waals surface area contributed by atoms with Gasteiger partial charge in [-0.05, 0) is 36.8 Å². The van der Waals surface area contributed by atoms with Gasteiger partial charge in [0, 0.05) is 13.1 Å². The van der Waals surface area contributed by atoms with Gasteiger partial charge in [0.1, 0.15) is 12.4 Å². The molecule has 0 bridgehead atoms. The van der Waals surface area contributed by atoms with Crippen LogP contribution in [-0.2, 0) is 6.61 Å². The Labute approximate surface area is 106 Å². The average molecular weight is 247 g/mol. The zero-order valence-electron chi connectivity index (χ0n) is 10.2. The number of aliphatic hydroxyl groups excluding tert-OH is 1. The highest BCUT2D eigenvalue weighted by Gasteiger charge is 2.36. The fourth-order valence-corrected chi connectivity index (χ4v) is 2.91. The number of carbonyl (C=O) groups excluding carboxylic acids is 1. The molecule has 2 aliphatic rings. The monoisotopic (exact) mass is 247 g/mol. The summed E-state index contributed by atoms with van der Waals surface area (Å²) >= 11 is 0. The van der Waals surface area contributed by atoms with E-state index in [1.54, 1.807) is 12.1 Å². The van der Waals surface area contributed by atoms with Gasteiger partial charge in [-0.2, -0.15) is 0 Å². The second-order valence-corrected chi connectivity index (χ2v) is 5.10. The summed E-state index contributed by atoms with van der Waals surface area (Å²) < 4.78 is 5.30. The van der Waals surface area contributed by atoms with Crippen molar-refractivity contribution < 1.29 is 14.3 Å². The third-order valence-electron chi connectivity index (χ3n) is 3.94. The van der Waals surface area contributed by atoms with Gasteiger partial charge in [-0.1, -0.05) is 12.2 Å². The molecular formula is C14H17NO3. The summed E-state index contributed by atoms with van der Waals surface area (Å²) in [5, 5.41) is 8.94.